The van der Waals surface area contributed by atoms with Gasteiger partial charge < -0.3 is 25.0 Å². The third-order valence-electron chi connectivity index (χ3n) is 7.39. The van der Waals surface area contributed by atoms with Crippen molar-refractivity contribution in [1.29, 1.82) is 0 Å². The third-order valence-corrected chi connectivity index (χ3v) is 8.34. The number of halogens is 3. The zero-order chi connectivity index (χ0) is 28.0. The maximum atomic E-state index is 11.6. The van der Waals surface area contributed by atoms with E-state index in [0.717, 1.165) is 24.2 Å². The van der Waals surface area contributed by atoms with Crippen molar-refractivity contribution in [1.82, 2.24) is 10.1 Å². The highest BCUT2D eigenvalue weighted by molar-refractivity contribution is 6.39. The molecule has 206 valence electrons. The van der Waals surface area contributed by atoms with E-state index in [4.69, 9.17) is 49.8 Å². The molecule has 2 aliphatic rings. The number of anilines is 1. The number of nitrogens with zero attached hydrogens (tertiary/aromatic N) is 3. The third kappa shape index (κ3) is 5.12. The van der Waals surface area contributed by atoms with Crippen LogP contribution in [0.5, 0.6) is 5.75 Å². The maximum Gasteiger partial charge on any atom is 0.248 e. The molecule has 2 aromatic carbocycles. The largest absolute Gasteiger partial charge is 0.489 e. The van der Waals surface area contributed by atoms with E-state index in [2.05, 4.69) is 10.1 Å². The summed E-state index contributed by atoms with van der Waals surface area (Å²) in [6.45, 7) is 0.975. The molecular formula is C29H25Cl3N4O4. The van der Waals surface area contributed by atoms with Crippen LogP contribution in [0.1, 0.15) is 52.4 Å². The normalized spacial score (nSPS) is 18.8. The average Bonchev–Trinajstić information content (AvgIpc) is 3.57. The lowest BCUT2D eigenvalue weighted by Crippen LogP contribution is -2.31. The van der Waals surface area contributed by atoms with Gasteiger partial charge in [-0.1, -0.05) is 52.1 Å². The summed E-state index contributed by atoms with van der Waals surface area (Å²) in [5, 5.41) is 17.2. The van der Waals surface area contributed by atoms with Gasteiger partial charge in [-0.15, -0.1) is 0 Å². The minimum absolute atomic E-state index is 0.182. The van der Waals surface area contributed by atoms with Gasteiger partial charge in [-0.05, 0) is 55.7 Å². The van der Waals surface area contributed by atoms with Crippen molar-refractivity contribution in [2.24, 2.45) is 5.73 Å². The molecule has 0 bridgehead atoms. The number of ether oxygens (including phenoxy) is 1. The van der Waals surface area contributed by atoms with E-state index in [-0.39, 0.29) is 13.2 Å². The Balaban J connectivity index is 1.21. The number of aromatic nitrogens is 2. The fourth-order valence-corrected chi connectivity index (χ4v) is 6.04. The number of amides is 1. The second kappa shape index (κ2) is 10.6. The molecule has 1 atom stereocenters. The number of carbonyl (C=O) groups excluding carboxylic acids is 1. The summed E-state index contributed by atoms with van der Waals surface area (Å²) in [4.78, 5) is 17.8. The molecule has 3 N–H and O–H groups in total. The molecule has 11 heteroatoms. The molecular weight excluding hydrogens is 575 g/mol. The fourth-order valence-electron chi connectivity index (χ4n) is 5.12. The molecule has 1 saturated carbocycles. The Morgan fingerprint density at radius 3 is 2.60 bits per heavy atom. The highest BCUT2D eigenvalue weighted by atomic mass is 35.5. The summed E-state index contributed by atoms with van der Waals surface area (Å²) in [6.07, 6.45) is 4.01. The Kier molecular flexibility index (Phi) is 7.12. The molecule has 1 amide bonds. The summed E-state index contributed by atoms with van der Waals surface area (Å²) in [7, 11) is 0. The van der Waals surface area contributed by atoms with E-state index < -0.39 is 11.5 Å². The number of nitrogens with two attached hydrogens (primary N) is 1. The second-order valence-electron chi connectivity index (χ2n) is 10.1. The van der Waals surface area contributed by atoms with E-state index >= 15 is 0 Å². The summed E-state index contributed by atoms with van der Waals surface area (Å²) in [5.74, 6) is 1.64. The minimum Gasteiger partial charge on any atom is -0.489 e. The molecule has 2 fully saturated rings. The molecule has 8 nitrogen and oxygen atoms in total. The first-order valence-electron chi connectivity index (χ1n) is 12.8. The second-order valence-corrected chi connectivity index (χ2v) is 11.4. The van der Waals surface area contributed by atoms with Gasteiger partial charge in [0.1, 0.15) is 35.2 Å². The van der Waals surface area contributed by atoms with E-state index in [1.54, 1.807) is 48.5 Å². The quantitative estimate of drug-likeness (QED) is 0.242. The molecule has 40 heavy (non-hydrogen) atoms. The monoisotopic (exact) mass is 598 g/mol. The number of rotatable bonds is 8. The topological polar surface area (TPSA) is 115 Å². The van der Waals surface area contributed by atoms with Gasteiger partial charge in [0, 0.05) is 35.3 Å². The zero-order valence-electron chi connectivity index (χ0n) is 21.2. The predicted octanol–water partition coefficient (Wildman–Crippen LogP) is 6.35. The van der Waals surface area contributed by atoms with Gasteiger partial charge in [0.25, 0.3) is 0 Å². The lowest BCUT2D eigenvalue weighted by Gasteiger charge is -2.25. The van der Waals surface area contributed by atoms with E-state index in [0.29, 0.717) is 67.9 Å². The van der Waals surface area contributed by atoms with Crippen LogP contribution in [0.2, 0.25) is 15.1 Å². The molecule has 0 radical (unpaired) electrons. The number of hydrogen-bond donors (Lipinski definition) is 2. The molecule has 1 saturated heterocycles. The Hall–Kier alpha value is -3.30. The number of hydrogen-bond acceptors (Lipinski definition) is 7. The SMILES string of the molecule is NC(=O)c1ccnc(N2CCC(O)(c3ccc(OCc4c(-c5c(Cl)cccc5Cl)noc4C4CC4)cc3Cl)C2)c1. The number of pyridine rings is 1. The van der Waals surface area contributed by atoms with Crippen LogP contribution < -0.4 is 15.4 Å². The van der Waals surface area contributed by atoms with Gasteiger partial charge in [-0.2, -0.15) is 0 Å². The zero-order valence-corrected chi connectivity index (χ0v) is 23.5. The number of benzene rings is 2. The Morgan fingerprint density at radius 2 is 1.90 bits per heavy atom. The Morgan fingerprint density at radius 1 is 1.12 bits per heavy atom. The Bertz CT molecular complexity index is 1590. The summed E-state index contributed by atoms with van der Waals surface area (Å²) in [6, 6.07) is 13.7. The van der Waals surface area contributed by atoms with Gasteiger partial charge in [0.2, 0.25) is 5.91 Å². The lowest BCUT2D eigenvalue weighted by molar-refractivity contribution is 0.0607. The van der Waals surface area contributed by atoms with E-state index in [9.17, 15) is 9.90 Å². The van der Waals surface area contributed by atoms with Crippen LogP contribution in [0.25, 0.3) is 11.3 Å². The van der Waals surface area contributed by atoms with Crippen LogP contribution >= 0.6 is 34.8 Å². The lowest BCUT2D eigenvalue weighted by atomic mass is 9.93. The van der Waals surface area contributed by atoms with Gasteiger partial charge in [-0.25, -0.2) is 4.98 Å². The summed E-state index contributed by atoms with van der Waals surface area (Å²) in [5.41, 5.74) is 7.12. The van der Waals surface area contributed by atoms with Crippen molar-refractivity contribution in [3.63, 3.8) is 0 Å². The first-order valence-corrected chi connectivity index (χ1v) is 14.0. The van der Waals surface area contributed by atoms with Crippen LogP contribution in [0, 0.1) is 0 Å². The number of primary amides is 1. The molecule has 0 spiro atoms. The molecule has 2 aromatic heterocycles. The van der Waals surface area contributed by atoms with Crippen LogP contribution in [0.3, 0.4) is 0 Å². The van der Waals surface area contributed by atoms with Crippen molar-refractivity contribution in [2.75, 3.05) is 18.0 Å². The van der Waals surface area contributed by atoms with Crippen molar-refractivity contribution in [2.45, 2.75) is 37.4 Å². The van der Waals surface area contributed by atoms with E-state index in [1.807, 2.05) is 4.90 Å². The van der Waals surface area contributed by atoms with Crippen LogP contribution in [0.15, 0.2) is 59.3 Å². The highest BCUT2D eigenvalue weighted by Gasteiger charge is 2.40. The smallest absolute Gasteiger partial charge is 0.248 e. The van der Waals surface area contributed by atoms with Crippen molar-refractivity contribution >= 4 is 46.5 Å². The number of aliphatic hydroxyl groups is 1. The highest BCUT2D eigenvalue weighted by Crippen LogP contribution is 2.46. The van der Waals surface area contributed by atoms with Crippen LogP contribution in [-0.4, -0.2) is 34.2 Å². The molecule has 4 aromatic rings. The summed E-state index contributed by atoms with van der Waals surface area (Å²) >= 11 is 19.6. The van der Waals surface area contributed by atoms with Gasteiger partial charge in [-0.3, -0.25) is 4.79 Å². The minimum atomic E-state index is -1.21. The standard InChI is InChI=1S/C29H25Cl3N4O4/c30-21-2-1-3-22(31)25(21)26-19(27(40-35-26)16-4-5-16)14-39-18-6-7-20(23(32)13-18)29(38)9-11-36(15-29)24-12-17(28(33)37)8-10-34-24/h1-3,6-8,10,12-13,16,38H,4-5,9,11,14-15H2,(H2,33,37). The van der Waals surface area contributed by atoms with E-state index in [1.165, 1.54) is 6.20 Å². The van der Waals surface area contributed by atoms with Crippen molar-refractivity contribution in [3.05, 3.63) is 92.2 Å². The number of carbonyl (C=O) groups is 1. The predicted molar refractivity (Wildman–Crippen MR) is 153 cm³/mol. The molecule has 1 aliphatic heterocycles. The molecule has 3 heterocycles. The van der Waals surface area contributed by atoms with Crippen LogP contribution in [0.4, 0.5) is 5.82 Å². The van der Waals surface area contributed by atoms with Crippen LogP contribution in [-0.2, 0) is 12.2 Å². The fraction of sp³-hybridized carbons (Fsp3) is 0.276. The maximum absolute atomic E-state index is 11.6. The first-order chi connectivity index (χ1) is 19.2. The van der Waals surface area contributed by atoms with Gasteiger partial charge in [0.05, 0.1) is 27.2 Å². The Labute approximate surface area is 245 Å². The first kappa shape index (κ1) is 26.9. The van der Waals surface area contributed by atoms with Crippen molar-refractivity contribution in [3.8, 4) is 17.0 Å². The number of β-amino-alcohol motifs (C(OH)–C–C–N with tert-alkyl or cyclic N) is 1. The van der Waals surface area contributed by atoms with Gasteiger partial charge in [0.15, 0.2) is 0 Å². The molecule has 1 unspecified atom stereocenters. The molecule has 1 aliphatic carbocycles. The van der Waals surface area contributed by atoms with Gasteiger partial charge >= 0.3 is 0 Å². The average molecular weight is 600 g/mol. The summed E-state index contributed by atoms with van der Waals surface area (Å²) < 4.78 is 11.9. The van der Waals surface area contributed by atoms with Crippen molar-refractivity contribution < 1.29 is 19.2 Å². The molecule has 6 rings (SSSR count).